The highest BCUT2D eigenvalue weighted by atomic mass is 79.9. The van der Waals surface area contributed by atoms with Crippen molar-refractivity contribution in [3.05, 3.63) is 45.9 Å². The molecule has 1 saturated carbocycles. The first-order chi connectivity index (χ1) is 16.8. The Morgan fingerprint density at radius 2 is 2.00 bits per heavy atom. The largest absolute Gasteiger partial charge is 0.530 e. The van der Waals surface area contributed by atoms with Crippen molar-refractivity contribution < 1.29 is 23.8 Å². The molecule has 3 aromatic rings. The number of ether oxygens (including phenoxy) is 2. The lowest BCUT2D eigenvalue weighted by molar-refractivity contribution is -0.264. The number of halogens is 3. The van der Waals surface area contributed by atoms with Crippen LogP contribution in [0.25, 0.3) is 10.9 Å². The van der Waals surface area contributed by atoms with Gasteiger partial charge < -0.3 is 29.6 Å². The van der Waals surface area contributed by atoms with Crippen LogP contribution in [0.5, 0.6) is 11.5 Å². The van der Waals surface area contributed by atoms with Crippen LogP contribution in [-0.4, -0.2) is 47.8 Å². The van der Waals surface area contributed by atoms with E-state index in [9.17, 15) is 14.3 Å². The van der Waals surface area contributed by atoms with Crippen LogP contribution in [0.4, 0.5) is 20.7 Å². The number of hydrogen-bond donors (Lipinski definition) is 1. The first kappa shape index (κ1) is 23.9. The highest BCUT2D eigenvalue weighted by molar-refractivity contribution is 9.10. The lowest BCUT2D eigenvalue weighted by Crippen LogP contribution is -2.40. The Labute approximate surface area is 214 Å². The smallest absolute Gasteiger partial charge is 0.166 e. The second-order valence-electron chi connectivity index (χ2n) is 8.93. The maximum atomic E-state index is 14.6. The Hall–Kier alpha value is -2.85. The van der Waals surface area contributed by atoms with Crippen molar-refractivity contribution in [1.29, 1.82) is 0 Å². The van der Waals surface area contributed by atoms with E-state index in [0.29, 0.717) is 70.1 Å². The molecule has 0 radical (unpaired) electrons. The third-order valence-electron chi connectivity index (χ3n) is 6.79. The second kappa shape index (κ2) is 9.66. The maximum absolute atomic E-state index is 14.6. The molecular formula is C24H22BrClFN4O4-. The number of aromatic nitrogens is 2. The third kappa shape index (κ3) is 4.69. The highest BCUT2D eigenvalue weighted by Gasteiger charge is 2.41. The zero-order valence-electron chi connectivity index (χ0n) is 18.8. The molecule has 2 fully saturated rings. The van der Waals surface area contributed by atoms with Crippen molar-refractivity contribution >= 4 is 56.0 Å². The maximum Gasteiger partial charge on any atom is 0.166 e. The number of nitrogens with one attached hydrogen (secondary N) is 1. The molecule has 1 aromatic heterocycles. The molecule has 11 heteroatoms. The Bertz CT molecular complexity index is 1280. The van der Waals surface area contributed by atoms with Gasteiger partial charge in [0.15, 0.2) is 17.3 Å². The van der Waals surface area contributed by atoms with Crippen molar-refractivity contribution in [2.75, 3.05) is 32.1 Å². The van der Waals surface area contributed by atoms with E-state index in [2.05, 4.69) is 31.2 Å². The number of likely N-dealkylation sites (tertiary alicyclic amines) is 1. The minimum Gasteiger partial charge on any atom is -0.530 e. The number of carbonyl (C=O) groups excluding carboxylic acids is 1. The van der Waals surface area contributed by atoms with Gasteiger partial charge in [0.25, 0.3) is 0 Å². The summed E-state index contributed by atoms with van der Waals surface area (Å²) < 4.78 is 26.8. The fourth-order valence-corrected chi connectivity index (χ4v) is 5.58. The number of amides is 1. The SMILES string of the molecule is COc1cc2c(Nc3ccc(Br)c(Cl)c3F)ncnc2cc1OCC1C[C@@H]2CN(C(=O)[O-])C[C@@H]2C1. The molecule has 3 atom stereocenters. The zero-order valence-corrected chi connectivity index (χ0v) is 21.1. The van der Waals surface area contributed by atoms with E-state index in [1.807, 2.05) is 0 Å². The molecule has 0 spiro atoms. The van der Waals surface area contributed by atoms with Crippen LogP contribution in [0.3, 0.4) is 0 Å². The fourth-order valence-electron chi connectivity index (χ4n) is 5.10. The fraction of sp³-hybridized carbons (Fsp3) is 0.375. The molecule has 184 valence electrons. The van der Waals surface area contributed by atoms with E-state index in [1.54, 1.807) is 31.4 Å². The van der Waals surface area contributed by atoms with Gasteiger partial charge in [-0.05, 0) is 64.7 Å². The molecule has 0 bridgehead atoms. The van der Waals surface area contributed by atoms with Crippen LogP contribution in [0.1, 0.15) is 12.8 Å². The molecule has 1 amide bonds. The molecular weight excluding hydrogens is 543 g/mol. The Balaban J connectivity index is 1.33. The van der Waals surface area contributed by atoms with Crippen molar-refractivity contribution in [3.8, 4) is 11.5 Å². The summed E-state index contributed by atoms with van der Waals surface area (Å²) in [7, 11) is 1.55. The monoisotopic (exact) mass is 563 g/mol. The van der Waals surface area contributed by atoms with Gasteiger partial charge >= 0.3 is 0 Å². The Morgan fingerprint density at radius 3 is 2.69 bits per heavy atom. The molecule has 1 unspecified atom stereocenters. The van der Waals surface area contributed by atoms with Crippen molar-refractivity contribution in [2.24, 2.45) is 17.8 Å². The summed E-state index contributed by atoms with van der Waals surface area (Å²) in [5, 5.41) is 14.7. The van der Waals surface area contributed by atoms with Crippen LogP contribution in [0.15, 0.2) is 35.1 Å². The summed E-state index contributed by atoms with van der Waals surface area (Å²) in [6.07, 6.45) is 2.14. The summed E-state index contributed by atoms with van der Waals surface area (Å²) in [5.74, 6) is 1.91. The second-order valence-corrected chi connectivity index (χ2v) is 10.2. The number of rotatable bonds is 6. The number of nitrogens with zero attached hydrogens (tertiary/aromatic N) is 3. The average molecular weight is 565 g/mol. The molecule has 35 heavy (non-hydrogen) atoms. The standard InChI is InChI=1S/C24H23BrClFN4O4/c1-34-19-6-15-18(28-11-29-23(15)30-17-3-2-16(25)21(26)22(17)27)7-20(19)35-10-12-4-13-8-31(24(32)33)9-14(13)5-12/h2-3,6-7,11-14H,4-5,8-10H2,1H3,(H,32,33)(H,28,29,30)/p-1/t12?,13-,14+. The van der Waals surface area contributed by atoms with E-state index < -0.39 is 11.9 Å². The number of hydrogen-bond acceptors (Lipinski definition) is 7. The van der Waals surface area contributed by atoms with E-state index in [1.165, 1.54) is 11.2 Å². The van der Waals surface area contributed by atoms with Crippen molar-refractivity contribution in [1.82, 2.24) is 14.9 Å². The van der Waals surface area contributed by atoms with E-state index in [-0.39, 0.29) is 10.7 Å². The van der Waals surface area contributed by atoms with Gasteiger partial charge in [0.1, 0.15) is 18.2 Å². The third-order valence-corrected chi connectivity index (χ3v) is 8.05. The van der Waals surface area contributed by atoms with Gasteiger partial charge in [0.05, 0.1) is 29.9 Å². The van der Waals surface area contributed by atoms with Gasteiger partial charge in [-0.2, -0.15) is 0 Å². The minimum absolute atomic E-state index is 0.0231. The molecule has 1 aliphatic carbocycles. The van der Waals surface area contributed by atoms with E-state index in [4.69, 9.17) is 21.1 Å². The number of carbonyl (C=O) groups is 1. The molecule has 5 rings (SSSR count). The first-order valence-corrected chi connectivity index (χ1v) is 12.3. The lowest BCUT2D eigenvalue weighted by atomic mass is 10.0. The molecule has 1 saturated heterocycles. The van der Waals surface area contributed by atoms with Crippen LogP contribution in [0, 0.1) is 23.6 Å². The highest BCUT2D eigenvalue weighted by Crippen LogP contribution is 2.42. The minimum atomic E-state index is -1.09. The van der Waals surface area contributed by atoms with E-state index in [0.717, 1.165) is 12.8 Å². The Kier molecular flexibility index (Phi) is 6.59. The van der Waals surface area contributed by atoms with Crippen LogP contribution in [0.2, 0.25) is 5.02 Å². The summed E-state index contributed by atoms with van der Waals surface area (Å²) >= 11 is 9.22. The predicted octanol–water partition coefficient (Wildman–Crippen LogP) is 4.62. The van der Waals surface area contributed by atoms with Gasteiger partial charge in [0, 0.05) is 29.0 Å². The number of carboxylic acid groups (broad SMARTS) is 1. The van der Waals surface area contributed by atoms with Crippen molar-refractivity contribution in [3.63, 3.8) is 0 Å². The summed E-state index contributed by atoms with van der Waals surface area (Å²) in [4.78, 5) is 21.1. The molecule has 1 aliphatic heterocycles. The first-order valence-electron chi connectivity index (χ1n) is 11.2. The number of anilines is 2. The topological polar surface area (TPSA) is 99.6 Å². The quantitative estimate of drug-likeness (QED) is 0.436. The van der Waals surface area contributed by atoms with Gasteiger partial charge in [-0.3, -0.25) is 0 Å². The molecule has 8 nitrogen and oxygen atoms in total. The Morgan fingerprint density at radius 1 is 1.26 bits per heavy atom. The lowest BCUT2D eigenvalue weighted by Gasteiger charge is -2.21. The van der Waals surface area contributed by atoms with Crippen molar-refractivity contribution in [2.45, 2.75) is 12.8 Å². The van der Waals surface area contributed by atoms with Gasteiger partial charge in [-0.1, -0.05) is 11.6 Å². The number of benzene rings is 2. The molecule has 2 aliphatic rings. The van der Waals surface area contributed by atoms with Gasteiger partial charge in [-0.25, -0.2) is 14.4 Å². The van der Waals surface area contributed by atoms with Gasteiger partial charge in [-0.15, -0.1) is 0 Å². The predicted molar refractivity (Wildman–Crippen MR) is 131 cm³/mol. The summed E-state index contributed by atoms with van der Waals surface area (Å²) in [5.41, 5.74) is 0.788. The summed E-state index contributed by atoms with van der Waals surface area (Å²) in [6.45, 7) is 1.58. The molecule has 2 aromatic carbocycles. The van der Waals surface area contributed by atoms with Gasteiger partial charge in [0.2, 0.25) is 0 Å². The van der Waals surface area contributed by atoms with Crippen LogP contribution < -0.4 is 19.9 Å². The normalized spacial score (nSPS) is 21.3. The molecule has 1 N–H and O–H groups in total. The zero-order chi connectivity index (χ0) is 24.7. The average Bonchev–Trinajstić information content (AvgIpc) is 3.42. The number of fused-ring (bicyclic) bond motifs is 2. The van der Waals surface area contributed by atoms with E-state index >= 15 is 0 Å². The molecule has 2 heterocycles. The van der Waals surface area contributed by atoms with Crippen LogP contribution >= 0.6 is 27.5 Å². The summed E-state index contributed by atoms with van der Waals surface area (Å²) in [6, 6.07) is 6.75. The van der Waals surface area contributed by atoms with Crippen LogP contribution in [-0.2, 0) is 0 Å². The number of methoxy groups -OCH3 is 1.